The van der Waals surface area contributed by atoms with Gasteiger partial charge in [0.2, 0.25) is 0 Å². The first-order valence-corrected chi connectivity index (χ1v) is 12.6. The number of carbonyl (C=O) groups excluding carboxylic acids is 1. The molecule has 0 saturated heterocycles. The highest BCUT2D eigenvalue weighted by atomic mass is 16.6. The fourth-order valence-electron chi connectivity index (χ4n) is 3.85. The first-order valence-electron chi connectivity index (χ1n) is 12.6. The molecular formula is C26H51NO2. The van der Waals surface area contributed by atoms with Crippen molar-refractivity contribution in [3.8, 4) is 0 Å². The van der Waals surface area contributed by atoms with Crippen LogP contribution in [-0.2, 0) is 9.53 Å². The van der Waals surface area contributed by atoms with Gasteiger partial charge in [-0.05, 0) is 26.8 Å². The quantitative estimate of drug-likeness (QED) is 0.0901. The van der Waals surface area contributed by atoms with E-state index in [9.17, 15) is 4.79 Å². The van der Waals surface area contributed by atoms with E-state index < -0.39 is 5.72 Å². The van der Waals surface area contributed by atoms with Gasteiger partial charge < -0.3 is 4.74 Å². The second-order valence-corrected chi connectivity index (χ2v) is 8.98. The summed E-state index contributed by atoms with van der Waals surface area (Å²) in [6, 6.07) is 0. The Hall–Kier alpha value is -0.830. The van der Waals surface area contributed by atoms with Gasteiger partial charge in [-0.15, -0.1) is 0 Å². The van der Waals surface area contributed by atoms with Crippen molar-refractivity contribution in [2.24, 2.45) is 0 Å². The lowest BCUT2D eigenvalue weighted by atomic mass is 10.0. The second-order valence-electron chi connectivity index (χ2n) is 8.98. The Morgan fingerprint density at radius 3 is 1.48 bits per heavy atom. The maximum absolute atomic E-state index is 11.8. The lowest BCUT2D eigenvalue weighted by molar-refractivity contribution is -0.157. The molecule has 0 amide bonds. The molecule has 0 rings (SSSR count). The van der Waals surface area contributed by atoms with Gasteiger partial charge in [0.05, 0.1) is 0 Å². The van der Waals surface area contributed by atoms with Crippen LogP contribution in [0.5, 0.6) is 0 Å². The molecule has 29 heavy (non-hydrogen) atoms. The average molecular weight is 410 g/mol. The summed E-state index contributed by atoms with van der Waals surface area (Å²) < 4.78 is 5.61. The fourth-order valence-corrected chi connectivity index (χ4v) is 3.85. The third kappa shape index (κ3) is 17.7. The molecule has 0 aliphatic rings. The first-order chi connectivity index (χ1) is 13.9. The molecule has 0 aromatic carbocycles. The zero-order valence-electron chi connectivity index (χ0n) is 20.3. The van der Waals surface area contributed by atoms with Crippen LogP contribution in [0.4, 0.5) is 0 Å². The predicted molar refractivity (Wildman–Crippen MR) is 127 cm³/mol. The maximum Gasteiger partial charge on any atom is 0.334 e. The van der Waals surface area contributed by atoms with Crippen molar-refractivity contribution >= 4 is 5.97 Å². The van der Waals surface area contributed by atoms with Gasteiger partial charge in [0.15, 0.2) is 5.72 Å². The molecule has 0 saturated carbocycles. The van der Waals surface area contributed by atoms with E-state index in [2.05, 4.69) is 18.8 Å². The third-order valence-corrected chi connectivity index (χ3v) is 5.72. The minimum absolute atomic E-state index is 0.301. The van der Waals surface area contributed by atoms with Gasteiger partial charge in [0.1, 0.15) is 0 Å². The molecular weight excluding hydrogens is 358 g/mol. The molecule has 0 heterocycles. The van der Waals surface area contributed by atoms with E-state index in [4.69, 9.17) is 4.74 Å². The number of nitrogens with one attached hydrogen (secondary N) is 1. The van der Waals surface area contributed by atoms with Crippen molar-refractivity contribution in [3.05, 3.63) is 12.2 Å². The minimum atomic E-state index is -0.569. The van der Waals surface area contributed by atoms with Crippen LogP contribution in [-0.4, -0.2) is 18.2 Å². The number of hydrogen-bond donors (Lipinski definition) is 1. The molecule has 0 aromatic heterocycles. The van der Waals surface area contributed by atoms with E-state index in [0.29, 0.717) is 5.57 Å². The number of rotatable bonds is 21. The van der Waals surface area contributed by atoms with Gasteiger partial charge in [-0.1, -0.05) is 117 Å². The van der Waals surface area contributed by atoms with Crippen LogP contribution in [0.2, 0.25) is 0 Å². The van der Waals surface area contributed by atoms with Gasteiger partial charge in [0, 0.05) is 12.0 Å². The van der Waals surface area contributed by atoms with Gasteiger partial charge in [-0.3, -0.25) is 5.32 Å². The Kier molecular flexibility index (Phi) is 18.6. The summed E-state index contributed by atoms with van der Waals surface area (Å²) in [6.07, 6.45) is 22.8. The molecule has 1 unspecified atom stereocenters. The topological polar surface area (TPSA) is 38.3 Å². The lowest BCUT2D eigenvalue weighted by Crippen LogP contribution is -2.46. The number of esters is 1. The van der Waals surface area contributed by atoms with E-state index in [0.717, 1.165) is 19.4 Å². The summed E-state index contributed by atoms with van der Waals surface area (Å²) in [5, 5.41) is 3.31. The van der Waals surface area contributed by atoms with Crippen LogP contribution in [0.3, 0.4) is 0 Å². The summed E-state index contributed by atoms with van der Waals surface area (Å²) in [7, 11) is 0. The number of unbranched alkanes of at least 4 members (excludes halogenated alkanes) is 15. The lowest BCUT2D eigenvalue weighted by Gasteiger charge is -2.30. The molecule has 0 bridgehead atoms. The van der Waals surface area contributed by atoms with Crippen LogP contribution in [0, 0.1) is 0 Å². The van der Waals surface area contributed by atoms with Crippen molar-refractivity contribution in [2.75, 3.05) is 6.54 Å². The normalized spacial score (nSPS) is 13.2. The first kappa shape index (κ1) is 28.2. The zero-order valence-corrected chi connectivity index (χ0v) is 20.3. The van der Waals surface area contributed by atoms with Crippen molar-refractivity contribution in [1.29, 1.82) is 0 Å². The minimum Gasteiger partial charge on any atom is -0.441 e. The van der Waals surface area contributed by atoms with Gasteiger partial charge in [0.25, 0.3) is 0 Å². The summed E-state index contributed by atoms with van der Waals surface area (Å²) in [5.74, 6) is -0.301. The molecule has 0 aliphatic heterocycles. The second kappa shape index (κ2) is 19.2. The zero-order chi connectivity index (χ0) is 21.8. The van der Waals surface area contributed by atoms with Crippen molar-refractivity contribution in [3.63, 3.8) is 0 Å². The summed E-state index contributed by atoms with van der Waals surface area (Å²) in [4.78, 5) is 11.8. The fraction of sp³-hybridized carbons (Fsp3) is 0.885. The van der Waals surface area contributed by atoms with Crippen molar-refractivity contribution in [1.82, 2.24) is 5.32 Å². The van der Waals surface area contributed by atoms with Crippen molar-refractivity contribution in [2.45, 2.75) is 143 Å². The molecule has 0 radical (unpaired) electrons. The van der Waals surface area contributed by atoms with Crippen LogP contribution < -0.4 is 5.32 Å². The molecule has 172 valence electrons. The maximum atomic E-state index is 11.8. The average Bonchev–Trinajstić information content (AvgIpc) is 2.67. The standard InChI is InChI=1S/C26H51NO2/c1-6-8-9-10-11-12-13-14-15-16-17-18-19-20-21-22-23-26(5,27-7-2)29-25(28)24(3)4/h27H,3,6-23H2,1-2,4-5H3. The van der Waals surface area contributed by atoms with E-state index in [1.165, 1.54) is 96.3 Å². The molecule has 3 nitrogen and oxygen atoms in total. The molecule has 0 spiro atoms. The summed E-state index contributed by atoms with van der Waals surface area (Å²) >= 11 is 0. The number of carbonyl (C=O) groups is 1. The van der Waals surface area contributed by atoms with E-state index in [1.54, 1.807) is 6.92 Å². The third-order valence-electron chi connectivity index (χ3n) is 5.72. The van der Waals surface area contributed by atoms with Crippen LogP contribution in [0.25, 0.3) is 0 Å². The molecule has 3 heteroatoms. The Morgan fingerprint density at radius 2 is 1.14 bits per heavy atom. The highest BCUT2D eigenvalue weighted by molar-refractivity contribution is 5.87. The van der Waals surface area contributed by atoms with Gasteiger partial charge in [-0.25, -0.2) is 4.79 Å². The number of ether oxygens (including phenoxy) is 1. The SMILES string of the molecule is C=C(C)C(=O)OC(C)(CCCCCCCCCCCCCCCCCC)NCC. The smallest absolute Gasteiger partial charge is 0.334 e. The number of hydrogen-bond acceptors (Lipinski definition) is 3. The summed E-state index contributed by atoms with van der Waals surface area (Å²) in [6.45, 7) is 12.5. The van der Waals surface area contributed by atoms with Crippen LogP contribution >= 0.6 is 0 Å². The largest absolute Gasteiger partial charge is 0.441 e. The van der Waals surface area contributed by atoms with Gasteiger partial charge in [-0.2, -0.15) is 0 Å². The van der Waals surface area contributed by atoms with Crippen LogP contribution in [0.15, 0.2) is 12.2 Å². The Labute approximate surface area is 182 Å². The highest BCUT2D eigenvalue weighted by Crippen LogP contribution is 2.19. The van der Waals surface area contributed by atoms with E-state index in [1.807, 2.05) is 13.8 Å². The molecule has 1 atom stereocenters. The Bertz CT molecular complexity index is 408. The molecule has 0 aliphatic carbocycles. The molecule has 1 N–H and O–H groups in total. The predicted octanol–water partition coefficient (Wildman–Crippen LogP) is 8.08. The monoisotopic (exact) mass is 409 g/mol. The highest BCUT2D eigenvalue weighted by Gasteiger charge is 2.27. The van der Waals surface area contributed by atoms with E-state index >= 15 is 0 Å². The van der Waals surface area contributed by atoms with Crippen molar-refractivity contribution < 1.29 is 9.53 Å². The summed E-state index contributed by atoms with van der Waals surface area (Å²) in [5.41, 5.74) is -0.109. The van der Waals surface area contributed by atoms with Gasteiger partial charge >= 0.3 is 5.97 Å². The Balaban J connectivity index is 3.53. The van der Waals surface area contributed by atoms with Crippen LogP contribution in [0.1, 0.15) is 137 Å². The van der Waals surface area contributed by atoms with E-state index in [-0.39, 0.29) is 5.97 Å². The molecule has 0 fully saturated rings. The molecule has 0 aromatic rings. The Morgan fingerprint density at radius 1 is 0.759 bits per heavy atom.